The van der Waals surface area contributed by atoms with Crippen molar-refractivity contribution in [1.82, 2.24) is 0 Å². The predicted octanol–water partition coefficient (Wildman–Crippen LogP) is -3.63. The number of carbonyl (C=O) groups excluding carboxylic acids is 3. The highest BCUT2D eigenvalue weighted by molar-refractivity contribution is 7.90. The number of carbonyl (C=O) groups is 3. The Labute approximate surface area is 698 Å². The molecule has 0 amide bonds. The number of ether oxygens (including phenoxy) is 11. The van der Waals surface area contributed by atoms with Crippen LogP contribution in [0.5, 0.6) is 0 Å². The lowest BCUT2D eigenvalue weighted by molar-refractivity contribution is -0.155. The highest BCUT2D eigenvalue weighted by Crippen LogP contribution is 2.65. The number of esters is 3. The minimum absolute atomic E-state index is 0.0000520. The lowest BCUT2D eigenvalue weighted by Gasteiger charge is -2.31. The molecule has 43 nitrogen and oxygen atoms in total. The van der Waals surface area contributed by atoms with Gasteiger partial charge in [0.1, 0.15) is 146 Å². The second-order valence-electron chi connectivity index (χ2n) is 36.6. The first-order valence-corrected chi connectivity index (χ1v) is 51.4. The van der Waals surface area contributed by atoms with Gasteiger partial charge >= 0.3 is 17.9 Å². The molecule has 3 N–H and O–H groups in total. The molecule has 24 aliphatic heterocycles. The number of rotatable bonds is 7. The molecule has 0 spiro atoms. The first-order valence-electron chi connectivity index (χ1n) is 39.8. The molecule has 16 bridgehead atoms. The Hall–Kier alpha value is -3.77. The number of hydrogen-bond acceptors (Lipinski definition) is 43. The zero-order valence-electron chi connectivity index (χ0n) is 67.2. The maximum absolute atomic E-state index is 11.9. The maximum Gasteiger partial charge on any atom is 0.332 e. The molecular formula is C70H96N2O41S8. The molecule has 0 saturated carbocycles. The van der Waals surface area contributed by atoms with Gasteiger partial charge in [-0.3, -0.25) is 47.8 Å². The molecule has 0 aliphatic carbocycles. The van der Waals surface area contributed by atoms with E-state index in [0.29, 0.717) is 6.42 Å². The van der Waals surface area contributed by atoms with Gasteiger partial charge in [0.05, 0.1) is 94.3 Å². The molecule has 0 aromatic rings. The van der Waals surface area contributed by atoms with Crippen LogP contribution >= 0.6 is 0 Å². The standard InChI is InChI=1S/C11H16O7S.C9H14O6S.2C9H12O6S.2C8H9NO4S.2C8H12O4S/c1-6-9-11(4-12)8(19(14,15)17-9)3-10(6,18-11)5-16-7(2)13;1-5-7-9(4-11)6(16(12,13)14-7)2-8(5,3-10)15-9;1-4-5-3-9(8(10)13-2)7(14-5)6(4)15-16(9,11)12;1-3-5-4(9(10)13-2)8-7(14-5)6(3)15-16(8,11)12;1-4-5-2-8(3-9)7(12-5)6(4)13-14(8,10)11;1-3-5-4(2-9)8-7(12-5)6(3)13-14(8,10)11;1-4-5-3-8(2)7(11-5)6(4)12-13(8,9)10;1-3-5-4(2)8-7(11-5)6(3)12-13(8,9)10/h6,8-9,12H,3-5H2,1-2H3;5-7,10-11H,2-4H2,1H3;4-7H,3H2,1-2H3;3-8H,1-2H3;4-7H,2H2,1H3;3-8H,1H3;4-7H,3H2,1-2H3;3-8H,1-2H3. The summed E-state index contributed by atoms with van der Waals surface area (Å²) in [6.45, 7) is 18.9. The Kier molecular flexibility index (Phi) is 20.9. The molecule has 0 radical (unpaired) electrons. The van der Waals surface area contributed by atoms with Gasteiger partial charge in [0, 0.05) is 85.9 Å². The van der Waals surface area contributed by atoms with E-state index < -0.39 is 248 Å². The van der Waals surface area contributed by atoms with E-state index >= 15 is 0 Å². The van der Waals surface area contributed by atoms with Crippen LogP contribution in [0, 0.1) is 87.8 Å². The molecule has 680 valence electrons. The van der Waals surface area contributed by atoms with Gasteiger partial charge in [0.15, 0.2) is 0 Å². The number of hydrogen-bond donors (Lipinski definition) is 3. The molecule has 24 rings (SSSR count). The molecule has 43 atom stereocenters. The fourth-order valence-corrected chi connectivity index (χ4v) is 39.1. The highest BCUT2D eigenvalue weighted by Gasteiger charge is 2.83. The molecule has 121 heavy (non-hydrogen) atoms. The van der Waals surface area contributed by atoms with E-state index in [4.69, 9.17) is 86.6 Å². The molecule has 24 heterocycles. The Morgan fingerprint density at radius 3 is 1.34 bits per heavy atom. The lowest BCUT2D eigenvalue weighted by Crippen LogP contribution is -2.52. The number of aliphatic hydroxyl groups excluding tert-OH is 3. The first kappa shape index (κ1) is 89.2. The van der Waals surface area contributed by atoms with Crippen molar-refractivity contribution in [3.8, 4) is 12.1 Å². The molecule has 24 fully saturated rings. The Bertz CT molecular complexity index is 5410. The molecule has 24 aliphatic rings. The third-order valence-corrected chi connectivity index (χ3v) is 45.5. The minimum atomic E-state index is -3.94. The van der Waals surface area contributed by atoms with E-state index in [1.807, 2.05) is 60.6 Å². The lowest BCUT2D eigenvalue weighted by atomic mass is 9.73. The van der Waals surface area contributed by atoms with Crippen LogP contribution < -0.4 is 0 Å². The van der Waals surface area contributed by atoms with Gasteiger partial charge in [-0.05, 0) is 13.3 Å². The van der Waals surface area contributed by atoms with Crippen molar-refractivity contribution < 1.29 is 183 Å². The summed E-state index contributed by atoms with van der Waals surface area (Å²) in [5.41, 5.74) is -4.13. The molecule has 43 unspecified atom stereocenters. The number of fused-ring (bicyclic) bond motifs is 8. The summed E-state index contributed by atoms with van der Waals surface area (Å²) >= 11 is 0. The van der Waals surface area contributed by atoms with Crippen molar-refractivity contribution in [2.75, 3.05) is 40.6 Å². The number of nitrogens with zero attached hydrogens (tertiary/aromatic N) is 2. The molecule has 24 saturated heterocycles. The summed E-state index contributed by atoms with van der Waals surface area (Å²) < 4.78 is 283. The second-order valence-corrected chi connectivity index (χ2v) is 50.9. The number of aliphatic hydroxyl groups is 3. The molecule has 0 aromatic heterocycles. The van der Waals surface area contributed by atoms with Gasteiger partial charge in [-0.15, -0.1) is 0 Å². The normalized spacial score (nSPS) is 55.6. The second kappa shape index (κ2) is 28.4. The van der Waals surface area contributed by atoms with Crippen molar-refractivity contribution in [2.24, 2.45) is 65.1 Å². The summed E-state index contributed by atoms with van der Waals surface area (Å²) in [5, 5.41) is 42.6. The number of methoxy groups -OCH3 is 2. The van der Waals surface area contributed by atoms with E-state index in [1.54, 1.807) is 20.8 Å². The van der Waals surface area contributed by atoms with Crippen molar-refractivity contribution in [1.29, 1.82) is 10.5 Å². The van der Waals surface area contributed by atoms with Crippen LogP contribution in [0.15, 0.2) is 0 Å². The summed E-state index contributed by atoms with van der Waals surface area (Å²) in [4.78, 5) is 34.3. The van der Waals surface area contributed by atoms with Crippen LogP contribution in [0.25, 0.3) is 0 Å². The van der Waals surface area contributed by atoms with Crippen LogP contribution in [0.1, 0.15) is 108 Å². The van der Waals surface area contributed by atoms with Crippen molar-refractivity contribution in [3.05, 3.63) is 0 Å². The van der Waals surface area contributed by atoms with Crippen LogP contribution in [-0.4, -0.2) is 326 Å². The highest BCUT2D eigenvalue weighted by atomic mass is 32.3. The van der Waals surface area contributed by atoms with Gasteiger partial charge in [-0.25, -0.2) is 0 Å². The smallest absolute Gasteiger partial charge is 0.332 e. The average molecular weight is 1880 g/mol. The average Bonchev–Trinajstić information content (AvgIpc) is 1.48. The summed E-state index contributed by atoms with van der Waals surface area (Å²) in [6, 6.07) is 3.90. The van der Waals surface area contributed by atoms with Crippen molar-refractivity contribution in [3.63, 3.8) is 0 Å². The van der Waals surface area contributed by atoms with E-state index in [2.05, 4.69) is 9.47 Å². The number of nitriles is 2. The summed E-state index contributed by atoms with van der Waals surface area (Å²) in [5.74, 6) is -3.06. The Morgan fingerprint density at radius 2 is 0.851 bits per heavy atom. The van der Waals surface area contributed by atoms with Crippen molar-refractivity contribution in [2.45, 2.75) is 293 Å². The third-order valence-electron chi connectivity index (χ3n) is 30.9. The zero-order valence-corrected chi connectivity index (χ0v) is 73.7. The van der Waals surface area contributed by atoms with Gasteiger partial charge in [-0.1, -0.05) is 62.3 Å². The van der Waals surface area contributed by atoms with Crippen LogP contribution in [0.3, 0.4) is 0 Å². The molecule has 0 aromatic carbocycles. The quantitative estimate of drug-likeness (QED) is 0.126. The largest absolute Gasteiger partial charge is 0.469 e. The Balaban J connectivity index is 0.0000000987. The summed E-state index contributed by atoms with van der Waals surface area (Å²) in [7, 11) is -26.7. The van der Waals surface area contributed by atoms with Crippen molar-refractivity contribution >= 4 is 98.9 Å². The maximum atomic E-state index is 11.9. The van der Waals surface area contributed by atoms with Gasteiger partial charge in [-0.2, -0.15) is 77.9 Å². The van der Waals surface area contributed by atoms with Gasteiger partial charge in [0.2, 0.25) is 9.49 Å². The van der Waals surface area contributed by atoms with E-state index in [0.717, 1.165) is 0 Å². The van der Waals surface area contributed by atoms with E-state index in [-0.39, 0.29) is 153 Å². The fourth-order valence-electron chi connectivity index (χ4n) is 24.2. The summed E-state index contributed by atoms with van der Waals surface area (Å²) in [6.07, 6.45) is -5.71. The van der Waals surface area contributed by atoms with E-state index in [9.17, 15) is 97.0 Å². The van der Waals surface area contributed by atoms with Crippen LogP contribution in [0.2, 0.25) is 0 Å². The Morgan fingerprint density at radius 1 is 0.413 bits per heavy atom. The van der Waals surface area contributed by atoms with E-state index in [1.165, 1.54) is 21.1 Å². The third kappa shape index (κ3) is 11.8. The van der Waals surface area contributed by atoms with Crippen LogP contribution in [0.4, 0.5) is 0 Å². The SMILES string of the molecule is CC(=O)OCC12CC3C(CO)(O1)C(OS3(=O)=O)C2C.CC1C2CC3(C#N)C(O2)C1OS3(=O)=O.CC1C2CC3(C)C(O2)C1OS3(=O)=O.CC1C2OC3C1OS(=O)(=O)C3C2C.CC1C2OC3C1OS(=O)(=O)C3C2C#N.CC1C2OS(=O)(=O)C3CC1(CO)OC23CO.COC(=O)C12CC3OC1C(OS2(=O)=O)C3C.COC(=O)C1C2OC3C(OS(=O)(=O)C31)C2C. The van der Waals surface area contributed by atoms with Crippen LogP contribution in [-0.2, 0) is 181 Å². The zero-order chi connectivity index (χ0) is 88.2. The fraction of sp³-hybridized carbons (Fsp3) is 0.929. The van der Waals surface area contributed by atoms with Gasteiger partial charge in [0.25, 0.3) is 80.9 Å². The predicted molar refractivity (Wildman–Crippen MR) is 394 cm³/mol. The molecular weight excluding hydrogens is 1780 g/mol. The van der Waals surface area contributed by atoms with Gasteiger partial charge < -0.3 is 67.4 Å². The minimum Gasteiger partial charge on any atom is -0.469 e. The topological polar surface area (TPSA) is 608 Å². The monoisotopic (exact) mass is 1880 g/mol. The molecule has 51 heteroatoms. The first-order chi connectivity index (χ1) is 56.2.